The van der Waals surface area contributed by atoms with Crippen molar-refractivity contribution in [2.45, 2.75) is 52.4 Å². The molecule has 4 heteroatoms. The van der Waals surface area contributed by atoms with Crippen LogP contribution in [0.1, 0.15) is 63.0 Å². The van der Waals surface area contributed by atoms with Crippen molar-refractivity contribution in [3.8, 4) is 5.75 Å². The van der Waals surface area contributed by atoms with Crippen molar-refractivity contribution in [1.29, 1.82) is 0 Å². The van der Waals surface area contributed by atoms with E-state index in [1.807, 2.05) is 41.5 Å². The quantitative estimate of drug-likeness (QED) is 0.843. The maximum Gasteiger partial charge on any atom is 0.412 e. The van der Waals surface area contributed by atoms with Crippen molar-refractivity contribution in [2.24, 2.45) is 0 Å². The molecule has 0 aromatic heterocycles. The number of ether oxygens (including phenoxy) is 1. The maximum absolute atomic E-state index is 11.7. The third-order valence-electron chi connectivity index (χ3n) is 3.26. The van der Waals surface area contributed by atoms with Gasteiger partial charge in [0, 0.05) is 23.7 Å². The Morgan fingerprint density at radius 3 is 1.76 bits per heavy atom. The minimum Gasteiger partial charge on any atom is -0.410 e. The standard InChI is InChI=1S/C17H25NO3/c1-16(2,3)12-8-11(10-19)9-13(17(4,5)6)14(12)21-15(20)18-7/h8-10H,1-7H3,(H,18,20). The monoisotopic (exact) mass is 291 g/mol. The van der Waals surface area contributed by atoms with E-state index in [0.29, 0.717) is 11.3 Å². The van der Waals surface area contributed by atoms with Crippen molar-refractivity contribution >= 4 is 12.4 Å². The lowest BCUT2D eigenvalue weighted by molar-refractivity contribution is 0.112. The van der Waals surface area contributed by atoms with E-state index >= 15 is 0 Å². The Kier molecular flexibility index (Phi) is 4.82. The number of carbonyl (C=O) groups excluding carboxylic acids is 2. The molecule has 116 valence electrons. The summed E-state index contributed by atoms with van der Waals surface area (Å²) < 4.78 is 5.51. The summed E-state index contributed by atoms with van der Waals surface area (Å²) in [6.07, 6.45) is 0.318. The van der Waals surface area contributed by atoms with Gasteiger partial charge < -0.3 is 10.1 Å². The Morgan fingerprint density at radius 2 is 1.48 bits per heavy atom. The second-order valence-electron chi connectivity index (χ2n) is 7.20. The molecule has 0 unspecified atom stereocenters. The Labute approximate surface area is 126 Å². The number of hydrogen-bond donors (Lipinski definition) is 1. The zero-order chi connectivity index (χ0) is 16.4. The maximum atomic E-state index is 11.7. The van der Waals surface area contributed by atoms with Gasteiger partial charge >= 0.3 is 6.09 Å². The van der Waals surface area contributed by atoms with Gasteiger partial charge in [-0.15, -0.1) is 0 Å². The van der Waals surface area contributed by atoms with Gasteiger partial charge in [0.1, 0.15) is 12.0 Å². The van der Waals surface area contributed by atoms with Crippen LogP contribution in [0.4, 0.5) is 4.79 Å². The SMILES string of the molecule is CNC(=O)Oc1c(C(C)(C)C)cc(C=O)cc1C(C)(C)C. The fourth-order valence-electron chi connectivity index (χ4n) is 2.09. The smallest absolute Gasteiger partial charge is 0.410 e. The average molecular weight is 291 g/mol. The van der Waals surface area contributed by atoms with Crippen LogP contribution in [0.5, 0.6) is 5.75 Å². The van der Waals surface area contributed by atoms with Crippen molar-refractivity contribution < 1.29 is 14.3 Å². The lowest BCUT2D eigenvalue weighted by atomic mass is 9.78. The van der Waals surface area contributed by atoms with Gasteiger partial charge in [0.15, 0.2) is 0 Å². The van der Waals surface area contributed by atoms with E-state index in [-0.39, 0.29) is 10.8 Å². The third-order valence-corrected chi connectivity index (χ3v) is 3.26. The summed E-state index contributed by atoms with van der Waals surface area (Å²) >= 11 is 0. The molecule has 0 spiro atoms. The van der Waals surface area contributed by atoms with E-state index in [0.717, 1.165) is 17.4 Å². The van der Waals surface area contributed by atoms with Gasteiger partial charge in [-0.25, -0.2) is 4.79 Å². The first-order valence-electron chi connectivity index (χ1n) is 7.04. The van der Waals surface area contributed by atoms with E-state index in [9.17, 15) is 9.59 Å². The molecule has 0 saturated heterocycles. The molecule has 21 heavy (non-hydrogen) atoms. The van der Waals surface area contributed by atoms with Gasteiger partial charge in [-0.05, 0) is 23.0 Å². The van der Waals surface area contributed by atoms with Crippen LogP contribution in [0.15, 0.2) is 12.1 Å². The van der Waals surface area contributed by atoms with E-state index in [1.54, 1.807) is 12.1 Å². The van der Waals surface area contributed by atoms with Crippen molar-refractivity contribution in [3.63, 3.8) is 0 Å². The first-order valence-corrected chi connectivity index (χ1v) is 7.04. The minimum atomic E-state index is -0.509. The molecule has 1 aromatic carbocycles. The number of aldehydes is 1. The van der Waals surface area contributed by atoms with Crippen LogP contribution in [-0.2, 0) is 10.8 Å². The summed E-state index contributed by atoms with van der Waals surface area (Å²) in [5, 5.41) is 2.47. The van der Waals surface area contributed by atoms with Crippen molar-refractivity contribution in [1.82, 2.24) is 5.32 Å². The molecule has 0 bridgehead atoms. The number of amides is 1. The first kappa shape index (κ1) is 17.2. The van der Waals surface area contributed by atoms with Gasteiger partial charge in [0.25, 0.3) is 0 Å². The number of nitrogens with one attached hydrogen (secondary N) is 1. The molecule has 0 saturated carbocycles. The van der Waals surface area contributed by atoms with E-state index in [4.69, 9.17) is 4.74 Å². The summed E-state index contributed by atoms with van der Waals surface area (Å²) in [5.74, 6) is 0.542. The zero-order valence-corrected chi connectivity index (χ0v) is 14.0. The molecule has 1 rings (SSSR count). The minimum absolute atomic E-state index is 0.248. The molecule has 0 fully saturated rings. The highest BCUT2D eigenvalue weighted by molar-refractivity contribution is 5.79. The van der Waals surface area contributed by atoms with Crippen LogP contribution in [-0.4, -0.2) is 19.4 Å². The molecule has 0 heterocycles. The van der Waals surface area contributed by atoms with Crippen LogP contribution in [0.25, 0.3) is 0 Å². The Bertz CT molecular complexity index is 513. The van der Waals surface area contributed by atoms with E-state index < -0.39 is 6.09 Å². The fraction of sp³-hybridized carbons (Fsp3) is 0.529. The first-order chi connectivity index (χ1) is 9.50. The van der Waals surface area contributed by atoms with Gasteiger partial charge in [-0.3, -0.25) is 4.79 Å². The lowest BCUT2D eigenvalue weighted by Crippen LogP contribution is -2.27. The van der Waals surface area contributed by atoms with Gasteiger partial charge in [0.05, 0.1) is 0 Å². The van der Waals surface area contributed by atoms with Crippen LogP contribution in [0.2, 0.25) is 0 Å². The predicted molar refractivity (Wildman–Crippen MR) is 84.3 cm³/mol. The average Bonchev–Trinajstić information content (AvgIpc) is 2.35. The molecule has 1 aromatic rings. The number of carbonyl (C=O) groups is 2. The number of hydrogen-bond acceptors (Lipinski definition) is 3. The summed E-state index contributed by atoms with van der Waals surface area (Å²) in [4.78, 5) is 22.9. The highest BCUT2D eigenvalue weighted by Gasteiger charge is 2.29. The van der Waals surface area contributed by atoms with E-state index in [2.05, 4.69) is 5.32 Å². The molecule has 4 nitrogen and oxygen atoms in total. The predicted octanol–water partition coefficient (Wildman–Crippen LogP) is 3.81. The normalized spacial score (nSPS) is 12.0. The van der Waals surface area contributed by atoms with Gasteiger partial charge in [0.2, 0.25) is 0 Å². The van der Waals surface area contributed by atoms with Crippen molar-refractivity contribution in [2.75, 3.05) is 7.05 Å². The molecular formula is C17H25NO3. The number of benzene rings is 1. The van der Waals surface area contributed by atoms with Crippen LogP contribution >= 0.6 is 0 Å². The molecule has 1 amide bonds. The Morgan fingerprint density at radius 1 is 1.05 bits per heavy atom. The highest BCUT2D eigenvalue weighted by atomic mass is 16.6. The topological polar surface area (TPSA) is 55.4 Å². The Balaban J connectivity index is 3.67. The lowest BCUT2D eigenvalue weighted by Gasteiger charge is -2.29. The summed E-state index contributed by atoms with van der Waals surface area (Å²) in [7, 11) is 1.52. The van der Waals surface area contributed by atoms with Crippen LogP contribution in [0, 0.1) is 0 Å². The molecule has 0 aliphatic heterocycles. The summed E-state index contributed by atoms with van der Waals surface area (Å²) in [6.45, 7) is 12.2. The number of rotatable bonds is 2. The second kappa shape index (κ2) is 5.88. The molecule has 0 radical (unpaired) electrons. The van der Waals surface area contributed by atoms with Gasteiger partial charge in [-0.2, -0.15) is 0 Å². The van der Waals surface area contributed by atoms with E-state index in [1.165, 1.54) is 7.05 Å². The van der Waals surface area contributed by atoms with Crippen molar-refractivity contribution in [3.05, 3.63) is 28.8 Å². The Hall–Kier alpha value is -1.84. The van der Waals surface area contributed by atoms with Crippen LogP contribution in [0.3, 0.4) is 0 Å². The highest BCUT2D eigenvalue weighted by Crippen LogP contribution is 2.40. The van der Waals surface area contributed by atoms with Crippen LogP contribution < -0.4 is 10.1 Å². The summed E-state index contributed by atoms with van der Waals surface area (Å²) in [6, 6.07) is 3.58. The fourth-order valence-corrected chi connectivity index (χ4v) is 2.09. The molecule has 0 aliphatic carbocycles. The zero-order valence-electron chi connectivity index (χ0n) is 14.0. The molecule has 0 atom stereocenters. The third kappa shape index (κ3) is 4.06. The molecular weight excluding hydrogens is 266 g/mol. The second-order valence-corrected chi connectivity index (χ2v) is 7.20. The molecule has 0 aliphatic rings. The summed E-state index contributed by atoms with van der Waals surface area (Å²) in [5.41, 5.74) is 1.79. The largest absolute Gasteiger partial charge is 0.412 e. The van der Waals surface area contributed by atoms with Gasteiger partial charge in [-0.1, -0.05) is 41.5 Å². The molecule has 1 N–H and O–H groups in total.